The van der Waals surface area contributed by atoms with Crippen molar-refractivity contribution in [3.8, 4) is 11.3 Å². The minimum Gasteiger partial charge on any atom is -0.455 e. The number of halogens is 1. The highest BCUT2D eigenvalue weighted by Crippen LogP contribution is 2.33. The number of furan rings is 1. The number of nitro benzene ring substituents is 1. The minimum atomic E-state index is -0.536. The smallest absolute Gasteiger partial charge is 0.281 e. The van der Waals surface area contributed by atoms with Crippen LogP contribution >= 0.6 is 11.6 Å². The highest BCUT2D eigenvalue weighted by atomic mass is 35.5. The topological polar surface area (TPSA) is 139 Å². The van der Waals surface area contributed by atoms with E-state index >= 15 is 0 Å². The van der Waals surface area contributed by atoms with Crippen LogP contribution in [0.2, 0.25) is 5.02 Å². The Morgan fingerprint density at radius 1 is 1.35 bits per heavy atom. The van der Waals surface area contributed by atoms with Crippen molar-refractivity contribution in [3.05, 3.63) is 67.3 Å². The second-order valence-corrected chi connectivity index (χ2v) is 5.52. The molecule has 0 aliphatic carbocycles. The molecular weight excluding hydrogens is 364 g/mol. The lowest BCUT2D eigenvalue weighted by atomic mass is 10.1. The summed E-state index contributed by atoms with van der Waals surface area (Å²) in [5, 5.41) is 22.6. The van der Waals surface area contributed by atoms with Gasteiger partial charge in [0, 0.05) is 11.1 Å². The van der Waals surface area contributed by atoms with Crippen LogP contribution < -0.4 is 11.0 Å². The van der Waals surface area contributed by atoms with Gasteiger partial charge in [0.2, 0.25) is 5.95 Å². The first-order valence-electron chi connectivity index (χ1n) is 7.21. The number of aromatic nitrogens is 3. The molecule has 0 saturated carbocycles. The summed E-state index contributed by atoms with van der Waals surface area (Å²) in [6, 6.07) is 7.45. The molecule has 3 aromatic rings. The van der Waals surface area contributed by atoms with E-state index in [9.17, 15) is 14.9 Å². The third kappa shape index (κ3) is 3.75. The van der Waals surface area contributed by atoms with E-state index in [0.717, 1.165) is 0 Å². The summed E-state index contributed by atoms with van der Waals surface area (Å²) in [5.74, 6) is 0.689. The maximum Gasteiger partial charge on any atom is 0.281 e. The molecule has 2 aromatic heterocycles. The Morgan fingerprint density at radius 3 is 2.88 bits per heavy atom. The number of H-pyrrole nitrogens is 1. The quantitative estimate of drug-likeness (QED) is 0.397. The van der Waals surface area contributed by atoms with Gasteiger partial charge in [0.1, 0.15) is 17.2 Å². The van der Waals surface area contributed by atoms with E-state index in [1.807, 2.05) is 0 Å². The molecule has 1 aromatic carbocycles. The third-order valence-corrected chi connectivity index (χ3v) is 3.51. The van der Waals surface area contributed by atoms with Crippen LogP contribution in [-0.4, -0.2) is 26.3 Å². The highest BCUT2D eigenvalue weighted by Gasteiger charge is 2.18. The molecule has 0 saturated heterocycles. The van der Waals surface area contributed by atoms with Crippen molar-refractivity contribution >= 4 is 29.5 Å². The largest absolute Gasteiger partial charge is 0.455 e. The number of aromatic amines is 1. The number of anilines is 1. The lowest BCUT2D eigenvalue weighted by molar-refractivity contribution is -0.384. The fraction of sp³-hybridized carbons (Fsp3) is 0.0667. The van der Waals surface area contributed by atoms with Crippen LogP contribution in [0.25, 0.3) is 11.3 Å². The molecule has 0 bridgehead atoms. The Bertz CT molecular complexity index is 1060. The molecule has 11 heteroatoms. The molecule has 132 valence electrons. The van der Waals surface area contributed by atoms with Gasteiger partial charge >= 0.3 is 0 Å². The van der Waals surface area contributed by atoms with Gasteiger partial charge in [-0.2, -0.15) is 5.10 Å². The molecule has 2 heterocycles. The molecule has 0 aliphatic heterocycles. The number of rotatable bonds is 5. The van der Waals surface area contributed by atoms with Crippen LogP contribution in [0.15, 0.2) is 44.6 Å². The van der Waals surface area contributed by atoms with Crippen molar-refractivity contribution in [2.75, 3.05) is 5.43 Å². The fourth-order valence-electron chi connectivity index (χ4n) is 2.03. The molecular formula is C15H11ClN6O4. The number of hydrogen-bond acceptors (Lipinski definition) is 8. The summed E-state index contributed by atoms with van der Waals surface area (Å²) >= 11 is 5.80. The van der Waals surface area contributed by atoms with Crippen LogP contribution in [0.3, 0.4) is 0 Å². The summed E-state index contributed by atoms with van der Waals surface area (Å²) in [6.07, 6.45) is 1.32. The highest BCUT2D eigenvalue weighted by molar-refractivity contribution is 6.30. The number of hydrazone groups is 1. The predicted octanol–water partition coefficient (Wildman–Crippen LogP) is 2.74. The predicted molar refractivity (Wildman–Crippen MR) is 94.4 cm³/mol. The van der Waals surface area contributed by atoms with Crippen molar-refractivity contribution in [3.63, 3.8) is 0 Å². The van der Waals surface area contributed by atoms with Gasteiger partial charge in [-0.25, -0.2) is 5.43 Å². The molecule has 2 N–H and O–H groups in total. The molecule has 0 radical (unpaired) electrons. The number of nitrogens with one attached hydrogen (secondary N) is 2. The molecule has 10 nitrogen and oxygen atoms in total. The summed E-state index contributed by atoms with van der Waals surface area (Å²) in [7, 11) is 0. The summed E-state index contributed by atoms with van der Waals surface area (Å²) in [5.41, 5.74) is 2.48. The van der Waals surface area contributed by atoms with Crippen LogP contribution in [0.4, 0.5) is 11.6 Å². The number of nitro groups is 1. The fourth-order valence-corrected chi connectivity index (χ4v) is 2.20. The number of nitrogens with zero attached hydrogens (tertiary/aromatic N) is 4. The standard InChI is InChI=1S/C15H11ClN6O4/c1-8-14(23)18-15(21-19-8)20-17-7-10-3-5-13(26-10)11-4-2-9(16)6-12(11)22(24)25/h2-7H,1H3,(H2,18,20,21,23)/b17-7-. The van der Waals surface area contributed by atoms with E-state index in [4.69, 9.17) is 16.0 Å². The average Bonchev–Trinajstić information content (AvgIpc) is 3.06. The molecule has 0 fully saturated rings. The van der Waals surface area contributed by atoms with Gasteiger partial charge in [-0.1, -0.05) is 11.6 Å². The molecule has 0 spiro atoms. The van der Waals surface area contributed by atoms with Crippen molar-refractivity contribution in [1.82, 2.24) is 15.2 Å². The van der Waals surface area contributed by atoms with E-state index in [2.05, 4.69) is 25.7 Å². The monoisotopic (exact) mass is 374 g/mol. The summed E-state index contributed by atoms with van der Waals surface area (Å²) in [4.78, 5) is 24.5. The van der Waals surface area contributed by atoms with Crippen LogP contribution in [-0.2, 0) is 0 Å². The first kappa shape index (κ1) is 17.3. The zero-order chi connectivity index (χ0) is 18.7. The van der Waals surface area contributed by atoms with Gasteiger partial charge in [-0.15, -0.1) is 10.2 Å². The molecule has 0 aliphatic rings. The number of aryl methyl sites for hydroxylation is 1. The van der Waals surface area contributed by atoms with Crippen LogP contribution in [0.1, 0.15) is 11.5 Å². The van der Waals surface area contributed by atoms with E-state index in [-0.39, 0.29) is 27.9 Å². The Labute approximate surface area is 150 Å². The van der Waals surface area contributed by atoms with Crippen molar-refractivity contribution in [2.45, 2.75) is 6.92 Å². The zero-order valence-electron chi connectivity index (χ0n) is 13.3. The van der Waals surface area contributed by atoms with Gasteiger partial charge in [0.25, 0.3) is 11.2 Å². The average molecular weight is 375 g/mol. The van der Waals surface area contributed by atoms with E-state index in [1.165, 1.54) is 31.3 Å². The first-order valence-corrected chi connectivity index (χ1v) is 7.58. The number of hydrogen-bond donors (Lipinski definition) is 2. The molecule has 3 rings (SSSR count). The van der Waals surface area contributed by atoms with Gasteiger partial charge in [-0.05, 0) is 31.2 Å². The molecule has 26 heavy (non-hydrogen) atoms. The lowest BCUT2D eigenvalue weighted by Gasteiger charge is -2.00. The maximum absolute atomic E-state index is 11.4. The minimum absolute atomic E-state index is 0.0666. The van der Waals surface area contributed by atoms with E-state index < -0.39 is 4.92 Å². The molecule has 0 amide bonds. The van der Waals surface area contributed by atoms with Crippen molar-refractivity contribution < 1.29 is 9.34 Å². The van der Waals surface area contributed by atoms with Gasteiger partial charge in [-0.3, -0.25) is 19.9 Å². The molecule has 0 atom stereocenters. The Balaban J connectivity index is 1.79. The van der Waals surface area contributed by atoms with Gasteiger partial charge in [0.05, 0.1) is 16.7 Å². The van der Waals surface area contributed by atoms with Crippen molar-refractivity contribution in [1.29, 1.82) is 0 Å². The maximum atomic E-state index is 11.4. The van der Waals surface area contributed by atoms with Gasteiger partial charge in [0.15, 0.2) is 0 Å². The van der Waals surface area contributed by atoms with E-state index in [1.54, 1.807) is 12.1 Å². The normalized spacial score (nSPS) is 11.0. The lowest BCUT2D eigenvalue weighted by Crippen LogP contribution is -2.15. The third-order valence-electron chi connectivity index (χ3n) is 3.27. The van der Waals surface area contributed by atoms with Crippen molar-refractivity contribution in [2.24, 2.45) is 5.10 Å². The Hall–Kier alpha value is -3.53. The Kier molecular flexibility index (Phi) is 4.76. The summed E-state index contributed by atoms with van der Waals surface area (Å²) < 4.78 is 5.54. The van der Waals surface area contributed by atoms with E-state index in [0.29, 0.717) is 17.1 Å². The summed E-state index contributed by atoms with van der Waals surface area (Å²) in [6.45, 7) is 1.53. The van der Waals surface area contributed by atoms with Crippen LogP contribution in [0, 0.1) is 17.0 Å². The first-order chi connectivity index (χ1) is 12.4. The zero-order valence-corrected chi connectivity index (χ0v) is 14.0. The molecule has 0 unspecified atom stereocenters. The number of benzene rings is 1. The van der Waals surface area contributed by atoms with Crippen LogP contribution in [0.5, 0.6) is 0 Å². The second kappa shape index (κ2) is 7.15. The second-order valence-electron chi connectivity index (χ2n) is 5.08. The SMILES string of the molecule is Cc1nnc(N/N=C\c2ccc(-c3ccc(Cl)cc3[N+](=O)[O-])o2)[nH]c1=O. The Morgan fingerprint density at radius 2 is 2.15 bits per heavy atom. The van der Waals surface area contributed by atoms with Gasteiger partial charge < -0.3 is 4.42 Å².